The maximum Gasteiger partial charge on any atom is 0.0660 e. The Labute approximate surface area is 102 Å². The van der Waals surface area contributed by atoms with Gasteiger partial charge in [-0.25, -0.2) is 0 Å². The first kappa shape index (κ1) is 11.6. The quantitative estimate of drug-likeness (QED) is 0.759. The fraction of sp³-hybridized carbons (Fsp3) is 0.538. The third kappa shape index (κ3) is 2.27. The number of nitrogens with zero attached hydrogens (tertiary/aromatic N) is 1. The molecular formula is C13H19ClN2. The van der Waals surface area contributed by atoms with E-state index in [1.165, 1.54) is 12.8 Å². The van der Waals surface area contributed by atoms with Crippen LogP contribution in [0.2, 0.25) is 5.02 Å². The Balaban J connectivity index is 2.28. The smallest absolute Gasteiger partial charge is 0.0660 e. The van der Waals surface area contributed by atoms with Crippen LogP contribution in [0.1, 0.15) is 26.7 Å². The molecule has 0 aliphatic carbocycles. The maximum absolute atomic E-state index is 6.25. The van der Waals surface area contributed by atoms with E-state index in [-0.39, 0.29) is 0 Å². The van der Waals surface area contributed by atoms with Gasteiger partial charge in [0, 0.05) is 18.3 Å². The molecule has 1 aliphatic heterocycles. The molecule has 1 heterocycles. The molecule has 1 aromatic rings. The Morgan fingerprint density at radius 2 is 2.06 bits per heavy atom. The molecule has 0 radical (unpaired) electrons. The third-order valence-electron chi connectivity index (χ3n) is 3.40. The van der Waals surface area contributed by atoms with E-state index in [1.54, 1.807) is 0 Å². The Morgan fingerprint density at radius 1 is 1.31 bits per heavy atom. The van der Waals surface area contributed by atoms with Crippen molar-refractivity contribution in [3.8, 4) is 0 Å². The van der Waals surface area contributed by atoms with Crippen molar-refractivity contribution in [2.75, 3.05) is 17.2 Å². The van der Waals surface area contributed by atoms with Crippen molar-refractivity contribution in [3.05, 3.63) is 23.2 Å². The number of benzene rings is 1. The van der Waals surface area contributed by atoms with Gasteiger partial charge in [-0.3, -0.25) is 0 Å². The van der Waals surface area contributed by atoms with Crippen LogP contribution in [0.25, 0.3) is 0 Å². The second kappa shape index (κ2) is 4.54. The molecule has 2 rings (SSSR count). The number of halogens is 1. The first-order valence-corrected chi connectivity index (χ1v) is 6.27. The van der Waals surface area contributed by atoms with Gasteiger partial charge < -0.3 is 10.6 Å². The number of anilines is 2. The molecule has 0 spiro atoms. The van der Waals surface area contributed by atoms with Crippen LogP contribution in [0, 0.1) is 5.92 Å². The molecule has 0 bridgehead atoms. The van der Waals surface area contributed by atoms with Crippen molar-refractivity contribution < 1.29 is 0 Å². The average Bonchev–Trinajstić information content (AvgIpc) is 2.22. The predicted octanol–water partition coefficient (Wildman–Crippen LogP) is 3.55. The highest BCUT2D eigenvalue weighted by Crippen LogP contribution is 2.33. The van der Waals surface area contributed by atoms with Crippen LogP contribution in [0.5, 0.6) is 0 Å². The summed E-state index contributed by atoms with van der Waals surface area (Å²) in [6, 6.07) is 6.36. The fourth-order valence-electron chi connectivity index (χ4n) is 2.38. The molecule has 1 aromatic carbocycles. The number of rotatable bonds is 1. The Kier molecular flexibility index (Phi) is 3.29. The van der Waals surface area contributed by atoms with E-state index in [9.17, 15) is 0 Å². The van der Waals surface area contributed by atoms with Crippen molar-refractivity contribution in [1.82, 2.24) is 0 Å². The Morgan fingerprint density at radius 3 is 2.75 bits per heavy atom. The van der Waals surface area contributed by atoms with Crippen molar-refractivity contribution in [1.29, 1.82) is 0 Å². The lowest BCUT2D eigenvalue weighted by Crippen LogP contribution is -2.41. The summed E-state index contributed by atoms with van der Waals surface area (Å²) in [6.45, 7) is 5.65. The molecule has 2 atom stereocenters. The SMILES string of the molecule is CC1CCC(C)N(c2ccc(N)cc2Cl)C1. The van der Waals surface area contributed by atoms with E-state index in [4.69, 9.17) is 17.3 Å². The van der Waals surface area contributed by atoms with Gasteiger partial charge in [0.05, 0.1) is 10.7 Å². The monoisotopic (exact) mass is 238 g/mol. The molecule has 0 saturated carbocycles. The van der Waals surface area contributed by atoms with Crippen LogP contribution in [-0.4, -0.2) is 12.6 Å². The van der Waals surface area contributed by atoms with E-state index in [0.717, 1.165) is 28.9 Å². The van der Waals surface area contributed by atoms with Gasteiger partial charge >= 0.3 is 0 Å². The number of piperidine rings is 1. The average molecular weight is 239 g/mol. The van der Waals surface area contributed by atoms with Gasteiger partial charge in [0.1, 0.15) is 0 Å². The molecule has 1 fully saturated rings. The first-order valence-electron chi connectivity index (χ1n) is 5.89. The summed E-state index contributed by atoms with van der Waals surface area (Å²) in [5.74, 6) is 0.741. The Hall–Kier alpha value is -0.890. The lowest BCUT2D eigenvalue weighted by atomic mass is 9.94. The standard InChI is InChI=1S/C13H19ClN2/c1-9-3-4-10(2)16(8-9)13-6-5-11(15)7-12(13)14/h5-7,9-10H,3-4,8,15H2,1-2H3. The highest BCUT2D eigenvalue weighted by atomic mass is 35.5. The third-order valence-corrected chi connectivity index (χ3v) is 3.70. The van der Waals surface area contributed by atoms with Gasteiger partial charge in [-0.2, -0.15) is 0 Å². The lowest BCUT2D eigenvalue weighted by molar-refractivity contribution is 0.390. The molecule has 2 nitrogen and oxygen atoms in total. The Bertz CT molecular complexity index is 378. The van der Waals surface area contributed by atoms with Crippen LogP contribution in [-0.2, 0) is 0 Å². The molecule has 0 aromatic heterocycles. The van der Waals surface area contributed by atoms with E-state index >= 15 is 0 Å². The van der Waals surface area contributed by atoms with Crippen LogP contribution in [0.3, 0.4) is 0 Å². The van der Waals surface area contributed by atoms with Gasteiger partial charge in [-0.05, 0) is 43.9 Å². The molecule has 2 unspecified atom stereocenters. The van der Waals surface area contributed by atoms with Crippen LogP contribution < -0.4 is 10.6 Å². The summed E-state index contributed by atoms with van der Waals surface area (Å²) in [5, 5.41) is 0.765. The number of nitrogen functional groups attached to an aromatic ring is 1. The van der Waals surface area contributed by atoms with E-state index < -0.39 is 0 Å². The minimum Gasteiger partial charge on any atom is -0.399 e. The molecule has 3 heteroatoms. The molecule has 2 N–H and O–H groups in total. The molecule has 88 valence electrons. The largest absolute Gasteiger partial charge is 0.399 e. The molecule has 16 heavy (non-hydrogen) atoms. The zero-order valence-corrected chi connectivity index (χ0v) is 10.7. The van der Waals surface area contributed by atoms with Gasteiger partial charge in [0.2, 0.25) is 0 Å². The van der Waals surface area contributed by atoms with Crippen molar-refractivity contribution in [3.63, 3.8) is 0 Å². The molecular weight excluding hydrogens is 220 g/mol. The fourth-order valence-corrected chi connectivity index (χ4v) is 2.68. The number of hydrogen-bond donors (Lipinski definition) is 1. The minimum atomic E-state index is 0.567. The van der Waals surface area contributed by atoms with E-state index in [0.29, 0.717) is 6.04 Å². The van der Waals surface area contributed by atoms with Gasteiger partial charge in [0.15, 0.2) is 0 Å². The van der Waals surface area contributed by atoms with Gasteiger partial charge in [-0.1, -0.05) is 18.5 Å². The summed E-state index contributed by atoms with van der Waals surface area (Å²) < 4.78 is 0. The second-order valence-corrected chi connectivity index (χ2v) is 5.30. The van der Waals surface area contributed by atoms with Gasteiger partial charge in [-0.15, -0.1) is 0 Å². The summed E-state index contributed by atoms with van der Waals surface area (Å²) in [5.41, 5.74) is 7.56. The van der Waals surface area contributed by atoms with Crippen molar-refractivity contribution in [2.24, 2.45) is 5.92 Å². The predicted molar refractivity (Wildman–Crippen MR) is 71.1 cm³/mol. The molecule has 0 amide bonds. The number of hydrogen-bond acceptors (Lipinski definition) is 2. The van der Waals surface area contributed by atoms with Gasteiger partial charge in [0.25, 0.3) is 0 Å². The lowest BCUT2D eigenvalue weighted by Gasteiger charge is -2.39. The van der Waals surface area contributed by atoms with Crippen molar-refractivity contribution >= 4 is 23.0 Å². The normalized spacial score (nSPS) is 25.8. The molecule has 1 saturated heterocycles. The van der Waals surface area contributed by atoms with Crippen LogP contribution in [0.4, 0.5) is 11.4 Å². The van der Waals surface area contributed by atoms with Crippen LogP contribution >= 0.6 is 11.6 Å². The topological polar surface area (TPSA) is 29.3 Å². The highest BCUT2D eigenvalue weighted by molar-refractivity contribution is 6.33. The zero-order valence-electron chi connectivity index (χ0n) is 9.91. The van der Waals surface area contributed by atoms with Crippen LogP contribution in [0.15, 0.2) is 18.2 Å². The van der Waals surface area contributed by atoms with E-state index in [1.807, 2.05) is 18.2 Å². The zero-order chi connectivity index (χ0) is 11.7. The minimum absolute atomic E-state index is 0.567. The molecule has 1 aliphatic rings. The summed E-state index contributed by atoms with van der Waals surface area (Å²) in [7, 11) is 0. The number of nitrogens with two attached hydrogens (primary N) is 1. The second-order valence-electron chi connectivity index (χ2n) is 4.89. The summed E-state index contributed by atoms with van der Waals surface area (Å²) in [4.78, 5) is 2.40. The summed E-state index contributed by atoms with van der Waals surface area (Å²) in [6.07, 6.45) is 2.55. The summed E-state index contributed by atoms with van der Waals surface area (Å²) >= 11 is 6.25. The van der Waals surface area contributed by atoms with Crippen molar-refractivity contribution in [2.45, 2.75) is 32.7 Å². The maximum atomic E-state index is 6.25. The first-order chi connectivity index (χ1) is 7.58. The highest BCUT2D eigenvalue weighted by Gasteiger charge is 2.24. The van der Waals surface area contributed by atoms with E-state index in [2.05, 4.69) is 18.7 Å².